The van der Waals surface area contributed by atoms with E-state index in [1.165, 1.54) is 30.5 Å². The number of hydrogen-bond donors (Lipinski definition) is 3. The second-order valence-electron chi connectivity index (χ2n) is 6.35. The molecule has 0 fully saturated rings. The number of furan rings is 1. The largest absolute Gasteiger partial charge is 0.468 e. The Morgan fingerprint density at radius 2 is 1.63 bits per heavy atom. The molecule has 156 valence electrons. The van der Waals surface area contributed by atoms with E-state index in [0.29, 0.717) is 17.0 Å². The van der Waals surface area contributed by atoms with Crippen LogP contribution in [0.2, 0.25) is 0 Å². The van der Waals surface area contributed by atoms with Gasteiger partial charge in [-0.15, -0.1) is 0 Å². The van der Waals surface area contributed by atoms with E-state index < -0.39 is 10.0 Å². The third-order valence-corrected chi connectivity index (χ3v) is 5.56. The van der Waals surface area contributed by atoms with Crippen molar-refractivity contribution in [2.24, 2.45) is 0 Å². The smallest absolute Gasteiger partial charge is 0.251 e. The van der Waals surface area contributed by atoms with Crippen molar-refractivity contribution in [2.75, 3.05) is 11.9 Å². The van der Waals surface area contributed by atoms with Crippen molar-refractivity contribution in [1.82, 2.24) is 10.0 Å². The summed E-state index contributed by atoms with van der Waals surface area (Å²) in [5.74, 6) is -0.0447. The number of carbonyl (C=O) groups is 2. The molecule has 30 heavy (non-hydrogen) atoms. The first kappa shape index (κ1) is 21.3. The van der Waals surface area contributed by atoms with Gasteiger partial charge in [0.25, 0.3) is 5.91 Å². The van der Waals surface area contributed by atoms with Crippen LogP contribution >= 0.6 is 0 Å². The third kappa shape index (κ3) is 6.03. The fraction of sp³-hybridized carbons (Fsp3) is 0.143. The lowest BCUT2D eigenvalue weighted by Crippen LogP contribution is -2.27. The summed E-state index contributed by atoms with van der Waals surface area (Å²) < 4.78 is 32.1. The minimum atomic E-state index is -3.70. The molecular formula is C21H21N3O5S. The topological polar surface area (TPSA) is 118 Å². The first-order valence-electron chi connectivity index (χ1n) is 9.19. The number of anilines is 1. The van der Waals surface area contributed by atoms with Crippen LogP contribution in [0.3, 0.4) is 0 Å². The van der Waals surface area contributed by atoms with Gasteiger partial charge < -0.3 is 15.1 Å². The van der Waals surface area contributed by atoms with E-state index in [9.17, 15) is 18.0 Å². The van der Waals surface area contributed by atoms with E-state index in [1.54, 1.807) is 36.4 Å². The van der Waals surface area contributed by atoms with Crippen LogP contribution in [0.4, 0.5) is 5.69 Å². The van der Waals surface area contributed by atoms with E-state index in [1.807, 2.05) is 6.07 Å². The van der Waals surface area contributed by atoms with E-state index >= 15 is 0 Å². The van der Waals surface area contributed by atoms with Crippen molar-refractivity contribution in [1.29, 1.82) is 0 Å². The van der Waals surface area contributed by atoms with Crippen molar-refractivity contribution in [3.05, 3.63) is 84.3 Å². The molecule has 0 bridgehead atoms. The van der Waals surface area contributed by atoms with E-state index in [0.717, 1.165) is 0 Å². The zero-order valence-electron chi connectivity index (χ0n) is 16.0. The molecule has 0 aliphatic heterocycles. The number of amides is 2. The molecule has 8 nitrogen and oxygen atoms in total. The summed E-state index contributed by atoms with van der Waals surface area (Å²) in [4.78, 5) is 24.0. The van der Waals surface area contributed by atoms with Crippen molar-refractivity contribution < 1.29 is 22.4 Å². The van der Waals surface area contributed by atoms with E-state index in [4.69, 9.17) is 4.42 Å². The third-order valence-electron chi connectivity index (χ3n) is 4.14. The minimum absolute atomic E-state index is 0.0442. The average molecular weight is 427 g/mol. The zero-order valence-corrected chi connectivity index (χ0v) is 16.8. The Bertz CT molecular complexity index is 1080. The van der Waals surface area contributed by atoms with Crippen LogP contribution in [0.5, 0.6) is 0 Å². The lowest BCUT2D eigenvalue weighted by Gasteiger charge is -2.09. The van der Waals surface area contributed by atoms with Gasteiger partial charge >= 0.3 is 0 Å². The highest BCUT2D eigenvalue weighted by Gasteiger charge is 2.14. The van der Waals surface area contributed by atoms with Gasteiger partial charge in [0.1, 0.15) is 5.76 Å². The summed E-state index contributed by atoms with van der Waals surface area (Å²) in [5.41, 5.74) is 0.981. The van der Waals surface area contributed by atoms with E-state index in [-0.39, 0.29) is 36.2 Å². The van der Waals surface area contributed by atoms with Crippen LogP contribution in [0.15, 0.2) is 82.3 Å². The maximum atomic E-state index is 12.3. The summed E-state index contributed by atoms with van der Waals surface area (Å²) in [6.45, 7) is 0.227. The fourth-order valence-corrected chi connectivity index (χ4v) is 3.58. The zero-order chi connectivity index (χ0) is 21.4. The molecule has 0 saturated heterocycles. The molecule has 0 saturated carbocycles. The average Bonchev–Trinajstić information content (AvgIpc) is 3.27. The van der Waals surface area contributed by atoms with Crippen LogP contribution in [0, 0.1) is 0 Å². The molecule has 0 aliphatic carbocycles. The normalized spacial score (nSPS) is 11.1. The van der Waals surface area contributed by atoms with Crippen LogP contribution in [0.25, 0.3) is 0 Å². The Balaban J connectivity index is 1.46. The Morgan fingerprint density at radius 1 is 0.900 bits per heavy atom. The number of nitrogens with one attached hydrogen (secondary N) is 3. The highest BCUT2D eigenvalue weighted by molar-refractivity contribution is 7.89. The van der Waals surface area contributed by atoms with Gasteiger partial charge in [0, 0.05) is 24.2 Å². The van der Waals surface area contributed by atoms with Crippen molar-refractivity contribution in [3.63, 3.8) is 0 Å². The molecule has 2 amide bonds. The van der Waals surface area contributed by atoms with Crippen molar-refractivity contribution >= 4 is 27.5 Å². The first-order valence-corrected chi connectivity index (χ1v) is 10.7. The molecule has 0 unspecified atom stereocenters. The van der Waals surface area contributed by atoms with Crippen molar-refractivity contribution in [2.45, 2.75) is 17.9 Å². The molecule has 3 N–H and O–H groups in total. The van der Waals surface area contributed by atoms with Crippen LogP contribution in [-0.4, -0.2) is 26.8 Å². The Morgan fingerprint density at radius 3 is 2.30 bits per heavy atom. The van der Waals surface area contributed by atoms with Gasteiger partial charge in [-0.2, -0.15) is 0 Å². The summed E-state index contributed by atoms with van der Waals surface area (Å²) in [6.07, 6.45) is 1.55. The second-order valence-corrected chi connectivity index (χ2v) is 8.12. The summed E-state index contributed by atoms with van der Waals surface area (Å²) in [6, 6.07) is 17.9. The maximum absolute atomic E-state index is 12.3. The number of benzene rings is 2. The molecule has 2 aromatic carbocycles. The summed E-state index contributed by atoms with van der Waals surface area (Å²) in [7, 11) is -3.70. The minimum Gasteiger partial charge on any atom is -0.468 e. The molecule has 0 atom stereocenters. The number of sulfonamides is 1. The quantitative estimate of drug-likeness (QED) is 0.485. The Hall–Kier alpha value is -3.43. The predicted octanol–water partition coefficient (Wildman–Crippen LogP) is 2.52. The second kappa shape index (κ2) is 9.86. The number of carbonyl (C=O) groups excluding carboxylic acids is 2. The summed E-state index contributed by atoms with van der Waals surface area (Å²) in [5, 5.41) is 5.34. The Kier molecular flexibility index (Phi) is 6.99. The molecule has 0 aliphatic rings. The van der Waals surface area contributed by atoms with Gasteiger partial charge in [0.2, 0.25) is 15.9 Å². The van der Waals surface area contributed by atoms with Gasteiger partial charge in [-0.05, 0) is 48.5 Å². The first-order chi connectivity index (χ1) is 14.4. The van der Waals surface area contributed by atoms with E-state index in [2.05, 4.69) is 15.4 Å². The highest BCUT2D eigenvalue weighted by atomic mass is 32.2. The molecule has 9 heteroatoms. The number of hydrogen-bond acceptors (Lipinski definition) is 5. The molecule has 3 rings (SSSR count). The molecule has 0 spiro atoms. The summed E-state index contributed by atoms with van der Waals surface area (Å²) >= 11 is 0. The Labute approximate surface area is 174 Å². The molecule has 0 radical (unpaired) electrons. The van der Waals surface area contributed by atoms with Gasteiger partial charge in [0.15, 0.2) is 0 Å². The number of rotatable bonds is 9. The van der Waals surface area contributed by atoms with Gasteiger partial charge in [-0.3, -0.25) is 9.59 Å². The van der Waals surface area contributed by atoms with Gasteiger partial charge in [-0.1, -0.05) is 18.2 Å². The van der Waals surface area contributed by atoms with Crippen LogP contribution in [0.1, 0.15) is 22.5 Å². The van der Waals surface area contributed by atoms with Crippen LogP contribution < -0.4 is 15.4 Å². The molecule has 1 heterocycles. The SMILES string of the molecule is O=C(CCNC(=O)c1ccccc1)Nc1ccc(S(=O)(=O)NCc2ccco2)cc1. The fourth-order valence-electron chi connectivity index (χ4n) is 2.58. The predicted molar refractivity (Wildman–Crippen MR) is 111 cm³/mol. The molecule has 3 aromatic rings. The van der Waals surface area contributed by atoms with Crippen LogP contribution in [-0.2, 0) is 21.4 Å². The maximum Gasteiger partial charge on any atom is 0.251 e. The molecular weight excluding hydrogens is 406 g/mol. The van der Waals surface area contributed by atoms with Crippen molar-refractivity contribution in [3.8, 4) is 0 Å². The highest BCUT2D eigenvalue weighted by Crippen LogP contribution is 2.15. The monoisotopic (exact) mass is 427 g/mol. The van der Waals surface area contributed by atoms with Gasteiger partial charge in [0.05, 0.1) is 17.7 Å². The van der Waals surface area contributed by atoms with Gasteiger partial charge in [-0.25, -0.2) is 13.1 Å². The standard InChI is InChI=1S/C21H21N3O5S/c25-20(12-13-22-21(26)16-5-2-1-3-6-16)24-17-8-10-19(11-9-17)30(27,28)23-15-18-7-4-14-29-18/h1-11,14,23H,12-13,15H2,(H,22,26)(H,24,25). The lowest BCUT2D eigenvalue weighted by molar-refractivity contribution is -0.116. The lowest BCUT2D eigenvalue weighted by atomic mass is 10.2. The molecule has 1 aromatic heterocycles.